The van der Waals surface area contributed by atoms with Crippen molar-refractivity contribution in [2.24, 2.45) is 0 Å². The van der Waals surface area contributed by atoms with E-state index in [4.69, 9.17) is 14.6 Å². The Balaban J connectivity index is 1.96. The lowest BCUT2D eigenvalue weighted by Crippen LogP contribution is -2.37. The first-order valence-corrected chi connectivity index (χ1v) is 7.95. The van der Waals surface area contributed by atoms with Crippen LogP contribution in [0.3, 0.4) is 0 Å². The molecule has 0 radical (unpaired) electrons. The Morgan fingerprint density at radius 3 is 1.88 bits per heavy atom. The fourth-order valence-corrected chi connectivity index (χ4v) is 2.18. The highest BCUT2D eigenvalue weighted by Crippen LogP contribution is 2.14. The van der Waals surface area contributed by atoms with Crippen molar-refractivity contribution in [1.82, 2.24) is 0 Å². The quantitative estimate of drug-likeness (QED) is 0.699. The summed E-state index contributed by atoms with van der Waals surface area (Å²) in [5.41, 5.74) is 0.488. The molecule has 138 valence electrons. The van der Waals surface area contributed by atoms with Gasteiger partial charge in [-0.1, -0.05) is 36.4 Å². The summed E-state index contributed by atoms with van der Waals surface area (Å²) in [6.45, 7) is -0.521. The number of rotatable bonds is 8. The molecule has 2 N–H and O–H groups in total. The molecule has 0 spiro atoms. The third-order valence-corrected chi connectivity index (χ3v) is 3.52. The average Bonchev–Trinajstić information content (AvgIpc) is 2.66. The Bertz CT molecular complexity index is 704. The van der Waals surface area contributed by atoms with Gasteiger partial charge in [-0.15, -0.1) is 0 Å². The Morgan fingerprint density at radius 2 is 1.38 bits per heavy atom. The molecule has 0 heterocycles. The van der Waals surface area contributed by atoms with Crippen LogP contribution < -0.4 is 0 Å². The molecule has 0 aliphatic heterocycles. The van der Waals surface area contributed by atoms with Crippen molar-refractivity contribution in [2.45, 2.75) is 25.0 Å². The average molecular weight is 362 g/mol. The molecule has 2 rings (SSSR count). The molecule has 2 aromatic rings. The van der Waals surface area contributed by atoms with Crippen LogP contribution in [-0.4, -0.2) is 47.3 Å². The van der Waals surface area contributed by atoms with Gasteiger partial charge in [-0.2, -0.15) is 0 Å². The topological polar surface area (TPSA) is 93.1 Å². The van der Waals surface area contributed by atoms with Gasteiger partial charge in [0.05, 0.1) is 11.1 Å². The molecule has 0 bridgehead atoms. The van der Waals surface area contributed by atoms with Crippen LogP contribution in [0.2, 0.25) is 0 Å². The van der Waals surface area contributed by atoms with Crippen molar-refractivity contribution in [1.29, 1.82) is 0 Å². The van der Waals surface area contributed by atoms with Crippen LogP contribution in [0.15, 0.2) is 60.7 Å². The van der Waals surface area contributed by atoms with Crippen LogP contribution >= 0.6 is 0 Å². The Labute approximate surface area is 149 Å². The van der Waals surface area contributed by atoms with Crippen molar-refractivity contribution in [2.75, 3.05) is 6.61 Å². The zero-order chi connectivity index (χ0) is 18.9. The summed E-state index contributed by atoms with van der Waals surface area (Å²) in [6.07, 6.45) is -5.84. The van der Waals surface area contributed by atoms with Crippen LogP contribution in [0, 0.1) is 0 Å². The van der Waals surface area contributed by atoms with E-state index in [9.17, 15) is 19.1 Å². The largest absolute Gasteiger partial charge is 0.459 e. The van der Waals surface area contributed by atoms with E-state index in [0.29, 0.717) is 0 Å². The maximum atomic E-state index is 13.0. The van der Waals surface area contributed by atoms with Crippen LogP contribution in [0.1, 0.15) is 27.1 Å². The zero-order valence-electron chi connectivity index (χ0n) is 13.8. The van der Waals surface area contributed by atoms with E-state index in [1.165, 1.54) is 24.3 Å². The predicted octanol–water partition coefficient (Wildman–Crippen LogP) is 2.11. The maximum absolute atomic E-state index is 13.0. The second-order valence-corrected chi connectivity index (χ2v) is 5.51. The second-order valence-electron chi connectivity index (χ2n) is 5.51. The van der Waals surface area contributed by atoms with Gasteiger partial charge < -0.3 is 19.7 Å². The van der Waals surface area contributed by atoms with E-state index in [2.05, 4.69) is 0 Å². The van der Waals surface area contributed by atoms with E-state index in [1.54, 1.807) is 36.4 Å². The van der Waals surface area contributed by atoms with Crippen molar-refractivity contribution in [3.05, 3.63) is 71.8 Å². The maximum Gasteiger partial charge on any atom is 0.338 e. The number of aliphatic hydroxyl groups is 2. The highest BCUT2D eigenvalue weighted by molar-refractivity contribution is 5.90. The second kappa shape index (κ2) is 9.65. The number of ether oxygens (including phenoxy) is 2. The molecule has 6 nitrogen and oxygen atoms in total. The Hall–Kier alpha value is -2.77. The molecule has 0 aliphatic carbocycles. The first kappa shape index (κ1) is 19.6. The number of hydrogen-bond donors (Lipinski definition) is 2. The van der Waals surface area contributed by atoms with Crippen molar-refractivity contribution < 1.29 is 33.7 Å². The molecule has 0 fully saturated rings. The van der Waals surface area contributed by atoms with Gasteiger partial charge in [-0.25, -0.2) is 14.0 Å². The van der Waals surface area contributed by atoms with E-state index in [0.717, 1.165) is 0 Å². The molecule has 0 aliphatic rings. The number of halogens is 1. The zero-order valence-corrected chi connectivity index (χ0v) is 13.8. The lowest BCUT2D eigenvalue weighted by Gasteiger charge is -2.23. The lowest BCUT2D eigenvalue weighted by atomic mass is 10.1. The predicted molar refractivity (Wildman–Crippen MR) is 90.1 cm³/mol. The minimum atomic E-state index is -2.30. The molecular weight excluding hydrogens is 343 g/mol. The van der Waals surface area contributed by atoms with Gasteiger partial charge in [-0.3, -0.25) is 0 Å². The molecule has 3 unspecified atom stereocenters. The normalized spacial score (nSPS) is 14.1. The summed E-state index contributed by atoms with van der Waals surface area (Å²) in [5, 5.41) is 19.1. The van der Waals surface area contributed by atoms with Gasteiger partial charge in [0.25, 0.3) is 0 Å². The Kier molecular flexibility index (Phi) is 7.25. The highest BCUT2D eigenvalue weighted by atomic mass is 19.1. The molecule has 26 heavy (non-hydrogen) atoms. The summed E-state index contributed by atoms with van der Waals surface area (Å²) in [5.74, 6) is -1.47. The summed E-state index contributed by atoms with van der Waals surface area (Å²) >= 11 is 0. The van der Waals surface area contributed by atoms with Crippen molar-refractivity contribution in [3.8, 4) is 0 Å². The molecule has 0 amide bonds. The smallest absolute Gasteiger partial charge is 0.338 e. The number of carbonyl (C=O) groups excluding carboxylic acids is 2. The summed E-state index contributed by atoms with van der Waals surface area (Å²) in [7, 11) is 0. The number of benzene rings is 2. The molecule has 2 aromatic carbocycles. The lowest BCUT2D eigenvalue weighted by molar-refractivity contribution is -0.0770. The van der Waals surface area contributed by atoms with Gasteiger partial charge in [-0.05, 0) is 24.3 Å². The summed E-state index contributed by atoms with van der Waals surface area (Å²) in [4.78, 5) is 23.9. The molecule has 3 atom stereocenters. The summed E-state index contributed by atoms with van der Waals surface area (Å²) in [6, 6.07) is 16.0. The van der Waals surface area contributed by atoms with Gasteiger partial charge >= 0.3 is 11.9 Å². The number of aliphatic hydroxyl groups excluding tert-OH is 2. The van der Waals surface area contributed by atoms with E-state index >= 15 is 0 Å². The van der Waals surface area contributed by atoms with Crippen LogP contribution in [-0.2, 0) is 9.47 Å². The third-order valence-electron chi connectivity index (χ3n) is 3.52. The molecule has 7 heteroatoms. The minimum absolute atomic E-state index is 0.208. The van der Waals surface area contributed by atoms with Gasteiger partial charge in [0.1, 0.15) is 18.8 Å². The standard InChI is InChI=1S/C19H19FO6/c20-17(22)11-16(26-19(24)14-9-5-2-6-10-14)15(21)12-25-18(23)13-7-3-1-4-8-13/h1-10,15-17,21-22H,11-12H2. The van der Waals surface area contributed by atoms with Gasteiger partial charge in [0.2, 0.25) is 0 Å². The number of hydrogen-bond acceptors (Lipinski definition) is 6. The molecule has 0 saturated heterocycles. The summed E-state index contributed by atoms with van der Waals surface area (Å²) < 4.78 is 23.0. The fourth-order valence-electron chi connectivity index (χ4n) is 2.18. The monoisotopic (exact) mass is 362 g/mol. The minimum Gasteiger partial charge on any atom is -0.459 e. The SMILES string of the molecule is O=C(OCC(O)C(CC(O)F)OC(=O)c1ccccc1)c1ccccc1. The number of alkyl halides is 1. The van der Waals surface area contributed by atoms with Crippen molar-refractivity contribution >= 4 is 11.9 Å². The molecule has 0 aromatic heterocycles. The van der Waals surface area contributed by atoms with E-state index < -0.39 is 43.5 Å². The fraction of sp³-hybridized carbons (Fsp3) is 0.263. The van der Waals surface area contributed by atoms with E-state index in [1.807, 2.05) is 0 Å². The molecule has 0 saturated carbocycles. The van der Waals surface area contributed by atoms with Crippen LogP contribution in [0.5, 0.6) is 0 Å². The first-order chi connectivity index (χ1) is 12.5. The number of carbonyl (C=O) groups is 2. The van der Waals surface area contributed by atoms with Gasteiger partial charge in [0, 0.05) is 6.42 Å². The Morgan fingerprint density at radius 1 is 0.885 bits per heavy atom. The van der Waals surface area contributed by atoms with Crippen LogP contribution in [0.4, 0.5) is 4.39 Å². The number of esters is 2. The first-order valence-electron chi connectivity index (χ1n) is 7.95. The highest BCUT2D eigenvalue weighted by Gasteiger charge is 2.28. The van der Waals surface area contributed by atoms with Gasteiger partial charge in [0.15, 0.2) is 6.36 Å². The molecular formula is C19H19FO6. The van der Waals surface area contributed by atoms with Crippen LogP contribution in [0.25, 0.3) is 0 Å². The van der Waals surface area contributed by atoms with Crippen molar-refractivity contribution in [3.63, 3.8) is 0 Å². The van der Waals surface area contributed by atoms with E-state index in [-0.39, 0.29) is 11.1 Å². The third kappa shape index (κ3) is 5.94.